The Kier molecular flexibility index (Phi) is 6.02. The molecule has 1 N–H and O–H groups in total. The molecule has 0 spiro atoms. The van der Waals surface area contributed by atoms with Gasteiger partial charge in [0.25, 0.3) is 0 Å². The lowest BCUT2D eigenvalue weighted by Gasteiger charge is -2.53. The van der Waals surface area contributed by atoms with Gasteiger partial charge in [-0.25, -0.2) is 4.79 Å². The Morgan fingerprint density at radius 1 is 1.07 bits per heavy atom. The molecule has 0 aromatic carbocycles. The largest absolute Gasteiger partial charge is 0.356 e. The average molecular weight is 405 g/mol. The maximum absolute atomic E-state index is 13.2. The van der Waals surface area contributed by atoms with Gasteiger partial charge in [0.05, 0.1) is 0 Å². The highest BCUT2D eigenvalue weighted by molar-refractivity contribution is 5.80. The van der Waals surface area contributed by atoms with Gasteiger partial charge in [-0.2, -0.15) is 0 Å². The zero-order valence-electron chi connectivity index (χ0n) is 17.9. The van der Waals surface area contributed by atoms with Gasteiger partial charge in [0, 0.05) is 57.6 Å². The standard InChI is InChI=1S/C22H36N4O3/c1-15(2)11-23-21(28)17-6-8-24(9-7-17)22(29)25-12-16-10-18(14-25)19-4-3-5-20(27)26(19)13-16/h15-19H,3-14H2,1-2H3,(H,23,28)/t16-,18+,19+/m0/s1. The van der Waals surface area contributed by atoms with Crippen LogP contribution in [0.15, 0.2) is 0 Å². The number of carbonyl (C=O) groups is 3. The molecule has 0 saturated carbocycles. The summed E-state index contributed by atoms with van der Waals surface area (Å²) in [4.78, 5) is 43.9. The first-order valence-electron chi connectivity index (χ1n) is 11.5. The summed E-state index contributed by atoms with van der Waals surface area (Å²) in [6, 6.07) is 0.467. The highest BCUT2D eigenvalue weighted by Gasteiger charge is 2.45. The third-order valence-corrected chi connectivity index (χ3v) is 7.27. The molecule has 0 aliphatic carbocycles. The first-order chi connectivity index (χ1) is 13.9. The molecule has 7 nitrogen and oxygen atoms in total. The predicted octanol–water partition coefficient (Wildman–Crippen LogP) is 1.92. The number of nitrogens with zero attached hydrogens (tertiary/aromatic N) is 3. The van der Waals surface area contributed by atoms with Crippen LogP contribution >= 0.6 is 0 Å². The van der Waals surface area contributed by atoms with Gasteiger partial charge in [-0.05, 0) is 49.9 Å². The van der Waals surface area contributed by atoms with Gasteiger partial charge in [-0.1, -0.05) is 13.8 Å². The van der Waals surface area contributed by atoms with E-state index in [4.69, 9.17) is 0 Å². The SMILES string of the molecule is CC(C)CNC(=O)C1CCN(C(=O)N2C[C@@H]3C[C@H](C2)[C@H]2CCCC(=O)N2C3)CC1. The van der Waals surface area contributed by atoms with Crippen LogP contribution in [0.2, 0.25) is 0 Å². The molecule has 0 radical (unpaired) electrons. The molecule has 4 aliphatic heterocycles. The van der Waals surface area contributed by atoms with Crippen molar-refractivity contribution in [2.75, 3.05) is 39.3 Å². The van der Waals surface area contributed by atoms with Crippen LogP contribution in [0.1, 0.15) is 52.4 Å². The fraction of sp³-hybridized carbons (Fsp3) is 0.864. The molecule has 4 fully saturated rings. The molecule has 0 aromatic heterocycles. The van der Waals surface area contributed by atoms with Crippen LogP contribution in [0.25, 0.3) is 0 Å². The Balaban J connectivity index is 1.30. The molecule has 0 unspecified atom stereocenters. The Morgan fingerprint density at radius 3 is 2.55 bits per heavy atom. The molecule has 4 saturated heterocycles. The van der Waals surface area contributed by atoms with Crippen LogP contribution in [-0.4, -0.2) is 77.9 Å². The van der Waals surface area contributed by atoms with Gasteiger partial charge in [-0.3, -0.25) is 9.59 Å². The molecule has 7 heteroatoms. The number of carbonyl (C=O) groups excluding carboxylic acids is 3. The second-order valence-corrected chi connectivity index (χ2v) is 9.96. The van der Waals surface area contributed by atoms with Gasteiger partial charge in [0.15, 0.2) is 0 Å². The predicted molar refractivity (Wildman–Crippen MR) is 110 cm³/mol. The molecule has 4 rings (SSSR count). The van der Waals surface area contributed by atoms with Crippen molar-refractivity contribution < 1.29 is 14.4 Å². The number of rotatable bonds is 3. The number of nitrogens with one attached hydrogen (secondary N) is 1. The van der Waals surface area contributed by atoms with Crippen LogP contribution in [0.5, 0.6) is 0 Å². The fourth-order valence-corrected chi connectivity index (χ4v) is 5.75. The van der Waals surface area contributed by atoms with Crippen molar-refractivity contribution in [1.29, 1.82) is 0 Å². The Morgan fingerprint density at radius 2 is 1.83 bits per heavy atom. The number of piperidine rings is 4. The van der Waals surface area contributed by atoms with Crippen molar-refractivity contribution in [3.8, 4) is 0 Å². The van der Waals surface area contributed by atoms with Crippen molar-refractivity contribution in [1.82, 2.24) is 20.0 Å². The minimum Gasteiger partial charge on any atom is -0.356 e. The van der Waals surface area contributed by atoms with Crippen molar-refractivity contribution in [3.63, 3.8) is 0 Å². The topological polar surface area (TPSA) is 73.0 Å². The van der Waals surface area contributed by atoms with E-state index in [-0.39, 0.29) is 17.9 Å². The van der Waals surface area contributed by atoms with Crippen LogP contribution < -0.4 is 5.32 Å². The zero-order chi connectivity index (χ0) is 20.5. The van der Waals surface area contributed by atoms with Gasteiger partial charge in [0.1, 0.15) is 0 Å². The van der Waals surface area contributed by atoms with Gasteiger partial charge < -0.3 is 20.0 Å². The van der Waals surface area contributed by atoms with Crippen molar-refractivity contribution in [3.05, 3.63) is 0 Å². The van der Waals surface area contributed by atoms with E-state index >= 15 is 0 Å². The lowest BCUT2D eigenvalue weighted by atomic mass is 9.76. The maximum Gasteiger partial charge on any atom is 0.320 e. The summed E-state index contributed by atoms with van der Waals surface area (Å²) >= 11 is 0. The summed E-state index contributed by atoms with van der Waals surface area (Å²) in [6.45, 7) is 8.60. The van der Waals surface area contributed by atoms with E-state index in [9.17, 15) is 14.4 Å². The minimum absolute atomic E-state index is 0.0281. The first kappa shape index (κ1) is 20.5. The Hall–Kier alpha value is -1.79. The number of likely N-dealkylation sites (tertiary alicyclic amines) is 2. The van der Waals surface area contributed by atoms with E-state index < -0.39 is 0 Å². The van der Waals surface area contributed by atoms with Gasteiger partial charge >= 0.3 is 6.03 Å². The highest BCUT2D eigenvalue weighted by Crippen LogP contribution is 2.38. The zero-order valence-corrected chi connectivity index (χ0v) is 17.9. The molecule has 29 heavy (non-hydrogen) atoms. The van der Waals surface area contributed by atoms with E-state index in [0.29, 0.717) is 49.2 Å². The second-order valence-electron chi connectivity index (χ2n) is 9.96. The summed E-state index contributed by atoms with van der Waals surface area (Å²) in [6.07, 6.45) is 5.42. The summed E-state index contributed by atoms with van der Waals surface area (Å²) in [5.41, 5.74) is 0. The Labute approximate surface area is 174 Å². The van der Waals surface area contributed by atoms with Crippen molar-refractivity contribution >= 4 is 17.8 Å². The molecular formula is C22H36N4O3. The van der Waals surface area contributed by atoms with Crippen LogP contribution in [0.4, 0.5) is 4.79 Å². The molecule has 2 bridgehead atoms. The number of fused-ring (bicyclic) bond motifs is 4. The quantitative estimate of drug-likeness (QED) is 0.781. The van der Waals surface area contributed by atoms with Crippen molar-refractivity contribution in [2.24, 2.45) is 23.7 Å². The van der Waals surface area contributed by atoms with Gasteiger partial charge in [0.2, 0.25) is 11.8 Å². The summed E-state index contributed by atoms with van der Waals surface area (Å²) in [5.74, 6) is 1.77. The minimum atomic E-state index is 0.0281. The molecule has 4 amide bonds. The molecule has 162 valence electrons. The summed E-state index contributed by atoms with van der Waals surface area (Å²) in [5, 5.41) is 3.03. The fourth-order valence-electron chi connectivity index (χ4n) is 5.75. The summed E-state index contributed by atoms with van der Waals surface area (Å²) < 4.78 is 0. The smallest absolute Gasteiger partial charge is 0.320 e. The van der Waals surface area contributed by atoms with E-state index in [1.807, 2.05) is 9.80 Å². The second kappa shape index (κ2) is 8.52. The number of hydrogen-bond acceptors (Lipinski definition) is 3. The van der Waals surface area contributed by atoms with E-state index in [1.165, 1.54) is 0 Å². The first-order valence-corrected chi connectivity index (χ1v) is 11.5. The molecular weight excluding hydrogens is 368 g/mol. The lowest BCUT2D eigenvalue weighted by Crippen LogP contribution is -2.62. The number of urea groups is 1. The molecule has 4 aliphatic rings. The number of amides is 4. The highest BCUT2D eigenvalue weighted by atomic mass is 16.2. The van der Waals surface area contributed by atoms with Gasteiger partial charge in [-0.15, -0.1) is 0 Å². The molecule has 4 heterocycles. The average Bonchev–Trinajstić information content (AvgIpc) is 2.72. The van der Waals surface area contributed by atoms with Crippen molar-refractivity contribution in [2.45, 2.75) is 58.4 Å². The molecule has 0 aromatic rings. The van der Waals surface area contributed by atoms with E-state index in [0.717, 1.165) is 58.3 Å². The van der Waals surface area contributed by atoms with Crippen LogP contribution in [0.3, 0.4) is 0 Å². The molecule has 3 atom stereocenters. The van der Waals surface area contributed by atoms with Crippen LogP contribution in [-0.2, 0) is 9.59 Å². The third-order valence-electron chi connectivity index (χ3n) is 7.27. The third kappa shape index (κ3) is 4.38. The maximum atomic E-state index is 13.2. The monoisotopic (exact) mass is 404 g/mol. The Bertz CT molecular complexity index is 644. The van der Waals surface area contributed by atoms with E-state index in [1.54, 1.807) is 0 Å². The summed E-state index contributed by atoms with van der Waals surface area (Å²) in [7, 11) is 0. The number of hydrogen-bond donors (Lipinski definition) is 1. The lowest BCUT2D eigenvalue weighted by molar-refractivity contribution is -0.144. The van der Waals surface area contributed by atoms with E-state index in [2.05, 4.69) is 24.1 Å². The normalized spacial score (nSPS) is 30.4. The van der Waals surface area contributed by atoms with Crippen LogP contribution in [0, 0.1) is 23.7 Å².